The predicted molar refractivity (Wildman–Crippen MR) is 117 cm³/mol. The summed E-state index contributed by atoms with van der Waals surface area (Å²) in [5.41, 5.74) is 0.844. The molecule has 1 aliphatic carbocycles. The van der Waals surface area contributed by atoms with Crippen LogP contribution in [0.4, 0.5) is 0 Å². The quantitative estimate of drug-likeness (QED) is 0.751. The van der Waals surface area contributed by atoms with Crippen LogP contribution in [0.3, 0.4) is 0 Å². The fraction of sp³-hybridized carbons (Fsp3) is 0.500. The Morgan fingerprint density at radius 3 is 2.10 bits per heavy atom. The van der Waals surface area contributed by atoms with Crippen LogP contribution >= 0.6 is 0 Å². The molecule has 1 heterocycles. The maximum absolute atomic E-state index is 13.4. The average molecular weight is 392 g/mol. The van der Waals surface area contributed by atoms with Gasteiger partial charge in [0, 0.05) is 0 Å². The fourth-order valence-electron chi connectivity index (χ4n) is 5.28. The lowest BCUT2D eigenvalue weighted by Gasteiger charge is -2.37. The minimum Gasteiger partial charge on any atom is -0.377 e. The molecule has 0 radical (unpaired) electrons. The van der Waals surface area contributed by atoms with Crippen LogP contribution < -0.4 is 0 Å². The molecule has 4 rings (SSSR count). The molecule has 0 amide bonds. The van der Waals surface area contributed by atoms with E-state index in [-0.39, 0.29) is 11.7 Å². The number of benzene rings is 2. The molecule has 2 aromatic rings. The highest BCUT2D eigenvalue weighted by atomic mass is 16.3. The monoisotopic (exact) mass is 391 g/mol. The zero-order chi connectivity index (χ0) is 20.1. The Kier molecular flexibility index (Phi) is 6.46. The summed E-state index contributed by atoms with van der Waals surface area (Å²) in [5, 5.41) is 11.7. The van der Waals surface area contributed by atoms with Gasteiger partial charge in [0.25, 0.3) is 0 Å². The summed E-state index contributed by atoms with van der Waals surface area (Å²) < 4.78 is 0. The van der Waals surface area contributed by atoms with Gasteiger partial charge in [0.05, 0.1) is 6.54 Å². The number of nitrogens with zero attached hydrogens (tertiary/aromatic N) is 1. The topological polar surface area (TPSA) is 40.5 Å². The molecular formula is C26H33NO2. The number of hydrogen-bond acceptors (Lipinski definition) is 3. The van der Waals surface area contributed by atoms with Gasteiger partial charge in [0.1, 0.15) is 0 Å². The van der Waals surface area contributed by atoms with Gasteiger partial charge in [-0.2, -0.15) is 0 Å². The normalized spacial score (nSPS) is 21.1. The number of carbonyl (C=O) groups is 1. The molecule has 0 aromatic heterocycles. The van der Waals surface area contributed by atoms with E-state index in [0.29, 0.717) is 12.5 Å². The van der Waals surface area contributed by atoms with Crippen molar-refractivity contribution in [3.8, 4) is 0 Å². The van der Waals surface area contributed by atoms with Crippen molar-refractivity contribution in [1.82, 2.24) is 4.90 Å². The number of rotatable bonds is 7. The van der Waals surface area contributed by atoms with E-state index in [1.165, 1.54) is 5.56 Å². The molecule has 1 atom stereocenters. The molecule has 1 saturated heterocycles. The van der Waals surface area contributed by atoms with Crippen molar-refractivity contribution in [2.45, 2.75) is 50.5 Å². The van der Waals surface area contributed by atoms with Crippen molar-refractivity contribution in [3.63, 3.8) is 0 Å². The first-order valence-corrected chi connectivity index (χ1v) is 11.2. The summed E-state index contributed by atoms with van der Waals surface area (Å²) in [6.07, 6.45) is 7.46. The van der Waals surface area contributed by atoms with Gasteiger partial charge in [0.15, 0.2) is 11.4 Å². The van der Waals surface area contributed by atoms with Crippen LogP contribution in [0.5, 0.6) is 0 Å². The van der Waals surface area contributed by atoms with Gasteiger partial charge < -0.3 is 5.11 Å². The van der Waals surface area contributed by atoms with Gasteiger partial charge in [-0.05, 0) is 68.2 Å². The number of carbonyl (C=O) groups excluding carboxylic acids is 1. The molecule has 1 aliphatic heterocycles. The zero-order valence-electron chi connectivity index (χ0n) is 17.3. The SMILES string of the molecule is O=C(CN1CCC(Cc2ccccc2)CC1)C(O)(c1ccccc1)C1CCCC1. The van der Waals surface area contributed by atoms with Gasteiger partial charge >= 0.3 is 0 Å². The van der Waals surface area contributed by atoms with Crippen LogP contribution in [-0.2, 0) is 16.8 Å². The van der Waals surface area contributed by atoms with Crippen molar-refractivity contribution < 1.29 is 9.90 Å². The molecule has 1 saturated carbocycles. The molecule has 0 bridgehead atoms. The maximum atomic E-state index is 13.4. The van der Waals surface area contributed by atoms with Crippen LogP contribution in [0.15, 0.2) is 60.7 Å². The third kappa shape index (κ3) is 4.62. The molecule has 3 nitrogen and oxygen atoms in total. The van der Waals surface area contributed by atoms with Crippen LogP contribution in [0.25, 0.3) is 0 Å². The minimum absolute atomic E-state index is 0.0166. The molecule has 2 aliphatic rings. The van der Waals surface area contributed by atoms with Gasteiger partial charge in [-0.25, -0.2) is 0 Å². The van der Waals surface area contributed by atoms with E-state index in [9.17, 15) is 9.90 Å². The second-order valence-corrected chi connectivity index (χ2v) is 8.95. The molecular weight excluding hydrogens is 358 g/mol. The number of hydrogen-bond donors (Lipinski definition) is 1. The van der Waals surface area contributed by atoms with Crippen molar-refractivity contribution in [2.24, 2.45) is 11.8 Å². The standard InChI is InChI=1S/C26H33NO2/c28-25(26(29,24-13-7-8-14-24)23-11-5-2-6-12-23)20-27-17-15-22(16-18-27)19-21-9-3-1-4-10-21/h1-6,9-12,22,24,29H,7-8,13-20H2. The van der Waals surface area contributed by atoms with E-state index in [2.05, 4.69) is 35.2 Å². The second-order valence-electron chi connectivity index (χ2n) is 8.95. The number of ketones is 1. The van der Waals surface area contributed by atoms with E-state index in [1.54, 1.807) is 0 Å². The lowest BCUT2D eigenvalue weighted by atomic mass is 9.76. The van der Waals surface area contributed by atoms with Gasteiger partial charge in [0.2, 0.25) is 0 Å². The molecule has 2 fully saturated rings. The van der Waals surface area contributed by atoms with Crippen molar-refractivity contribution >= 4 is 5.78 Å². The summed E-state index contributed by atoms with van der Waals surface area (Å²) in [6.45, 7) is 2.25. The minimum atomic E-state index is -1.33. The lowest BCUT2D eigenvalue weighted by molar-refractivity contribution is -0.146. The Bertz CT molecular complexity index is 777. The third-order valence-electron chi connectivity index (χ3n) is 7.03. The maximum Gasteiger partial charge on any atom is 0.183 e. The summed E-state index contributed by atoms with van der Waals surface area (Å²) in [7, 11) is 0. The molecule has 29 heavy (non-hydrogen) atoms. The Balaban J connectivity index is 1.38. The summed E-state index contributed by atoms with van der Waals surface area (Å²) in [6, 6.07) is 20.3. The summed E-state index contributed by atoms with van der Waals surface area (Å²) in [4.78, 5) is 15.7. The first kappa shape index (κ1) is 20.3. The van der Waals surface area contributed by atoms with Crippen molar-refractivity contribution in [3.05, 3.63) is 71.8 Å². The van der Waals surface area contributed by atoms with Crippen molar-refractivity contribution in [2.75, 3.05) is 19.6 Å². The lowest BCUT2D eigenvalue weighted by Crippen LogP contribution is -2.49. The molecule has 1 N–H and O–H groups in total. The van der Waals surface area contributed by atoms with Crippen LogP contribution in [0, 0.1) is 11.8 Å². The molecule has 2 aromatic carbocycles. The number of Topliss-reactive ketones (excluding diaryl/α,β-unsaturated/α-hetero) is 1. The molecule has 154 valence electrons. The summed E-state index contributed by atoms with van der Waals surface area (Å²) in [5.74, 6) is 0.719. The third-order valence-corrected chi connectivity index (χ3v) is 7.03. The van der Waals surface area contributed by atoms with E-state index in [1.807, 2.05) is 30.3 Å². The Labute approximate surface area is 174 Å². The van der Waals surface area contributed by atoms with Crippen LogP contribution in [-0.4, -0.2) is 35.4 Å². The zero-order valence-corrected chi connectivity index (χ0v) is 17.3. The van der Waals surface area contributed by atoms with E-state index < -0.39 is 5.60 Å². The average Bonchev–Trinajstić information content (AvgIpc) is 3.31. The highest BCUT2D eigenvalue weighted by Crippen LogP contribution is 2.41. The Hall–Kier alpha value is -1.97. The van der Waals surface area contributed by atoms with E-state index in [4.69, 9.17) is 0 Å². The molecule has 3 heteroatoms. The summed E-state index contributed by atoms with van der Waals surface area (Å²) >= 11 is 0. The number of aliphatic hydroxyl groups is 1. The fourth-order valence-corrected chi connectivity index (χ4v) is 5.28. The Morgan fingerprint density at radius 1 is 0.897 bits per heavy atom. The highest BCUT2D eigenvalue weighted by Gasteiger charge is 2.46. The van der Waals surface area contributed by atoms with E-state index >= 15 is 0 Å². The van der Waals surface area contributed by atoms with E-state index in [0.717, 1.165) is 63.6 Å². The van der Waals surface area contributed by atoms with Gasteiger partial charge in [-0.15, -0.1) is 0 Å². The van der Waals surface area contributed by atoms with Crippen LogP contribution in [0.2, 0.25) is 0 Å². The largest absolute Gasteiger partial charge is 0.377 e. The number of likely N-dealkylation sites (tertiary alicyclic amines) is 1. The smallest absolute Gasteiger partial charge is 0.183 e. The molecule has 0 spiro atoms. The Morgan fingerprint density at radius 2 is 1.48 bits per heavy atom. The van der Waals surface area contributed by atoms with Gasteiger partial charge in [-0.1, -0.05) is 73.5 Å². The first-order valence-electron chi connectivity index (χ1n) is 11.2. The highest BCUT2D eigenvalue weighted by molar-refractivity contribution is 5.90. The van der Waals surface area contributed by atoms with Crippen molar-refractivity contribution in [1.29, 1.82) is 0 Å². The predicted octanol–water partition coefficient (Wildman–Crippen LogP) is 4.59. The number of piperidine rings is 1. The van der Waals surface area contributed by atoms with Gasteiger partial charge in [-0.3, -0.25) is 9.69 Å². The first-order chi connectivity index (χ1) is 14.2. The second kappa shape index (κ2) is 9.23. The van der Waals surface area contributed by atoms with Crippen LogP contribution in [0.1, 0.15) is 49.7 Å². The molecule has 1 unspecified atom stereocenters.